The van der Waals surface area contributed by atoms with Gasteiger partial charge in [-0.3, -0.25) is 14.6 Å². The van der Waals surface area contributed by atoms with Gasteiger partial charge < -0.3 is 10.6 Å². The molecule has 0 unspecified atom stereocenters. The van der Waals surface area contributed by atoms with Gasteiger partial charge in [0, 0.05) is 17.8 Å². The number of para-hydroxylation sites is 1. The lowest BCUT2D eigenvalue weighted by molar-refractivity contribution is 0.0927. The lowest BCUT2D eigenvalue weighted by atomic mass is 9.95. The van der Waals surface area contributed by atoms with Crippen LogP contribution < -0.4 is 10.6 Å². The van der Waals surface area contributed by atoms with Crippen LogP contribution in [0.25, 0.3) is 0 Å². The molecule has 0 radical (unpaired) electrons. The van der Waals surface area contributed by atoms with E-state index in [1.54, 1.807) is 30.3 Å². The van der Waals surface area contributed by atoms with Gasteiger partial charge >= 0.3 is 0 Å². The normalized spacial score (nSPS) is 14.8. The first-order chi connectivity index (χ1) is 12.1. The molecule has 1 saturated carbocycles. The molecule has 6 heteroatoms. The molecule has 1 heterocycles. The van der Waals surface area contributed by atoms with Gasteiger partial charge in [-0.15, -0.1) is 0 Å². The quantitative estimate of drug-likeness (QED) is 0.867. The second kappa shape index (κ2) is 8.12. The Hall–Kier alpha value is -2.40. The van der Waals surface area contributed by atoms with E-state index in [1.807, 2.05) is 0 Å². The minimum atomic E-state index is -0.402. The zero-order valence-corrected chi connectivity index (χ0v) is 14.6. The largest absolute Gasteiger partial charge is 0.349 e. The molecule has 2 aromatic rings. The lowest BCUT2D eigenvalue weighted by Gasteiger charge is -2.22. The summed E-state index contributed by atoms with van der Waals surface area (Å²) in [6, 6.07) is 10.3. The fourth-order valence-corrected chi connectivity index (χ4v) is 3.14. The number of nitrogens with one attached hydrogen (secondary N) is 2. The molecule has 0 saturated heterocycles. The average molecular weight is 358 g/mol. The van der Waals surface area contributed by atoms with Crippen LogP contribution in [0.4, 0.5) is 5.69 Å². The molecule has 1 aromatic carbocycles. The molecular formula is C19H20ClN3O2. The predicted molar refractivity (Wildman–Crippen MR) is 98.0 cm³/mol. The monoisotopic (exact) mass is 357 g/mol. The summed E-state index contributed by atoms with van der Waals surface area (Å²) in [6.45, 7) is 0. The summed E-state index contributed by atoms with van der Waals surface area (Å²) in [5, 5.41) is 6.20. The minimum Gasteiger partial charge on any atom is -0.349 e. The standard InChI is InChI=1S/C19H20ClN3O2/c20-15-8-4-5-9-16(15)23-19(25)17-12-13(10-11-21-17)18(24)22-14-6-2-1-3-7-14/h4-5,8-12,14H,1-3,6-7H2,(H,22,24)(H,23,25). The molecule has 0 atom stereocenters. The Morgan fingerprint density at radius 2 is 1.80 bits per heavy atom. The van der Waals surface area contributed by atoms with Crippen LogP contribution in [0.2, 0.25) is 5.02 Å². The zero-order chi connectivity index (χ0) is 17.6. The number of amides is 2. The van der Waals surface area contributed by atoms with E-state index in [9.17, 15) is 9.59 Å². The number of pyridine rings is 1. The van der Waals surface area contributed by atoms with E-state index in [0.717, 1.165) is 25.7 Å². The highest BCUT2D eigenvalue weighted by atomic mass is 35.5. The van der Waals surface area contributed by atoms with E-state index in [4.69, 9.17) is 11.6 Å². The molecule has 0 bridgehead atoms. The summed E-state index contributed by atoms with van der Waals surface area (Å²) < 4.78 is 0. The van der Waals surface area contributed by atoms with Crippen LogP contribution in [0.1, 0.15) is 53.0 Å². The van der Waals surface area contributed by atoms with E-state index < -0.39 is 5.91 Å². The van der Waals surface area contributed by atoms with E-state index in [2.05, 4.69) is 15.6 Å². The maximum absolute atomic E-state index is 12.4. The van der Waals surface area contributed by atoms with Crippen molar-refractivity contribution >= 4 is 29.1 Å². The molecule has 25 heavy (non-hydrogen) atoms. The van der Waals surface area contributed by atoms with Gasteiger partial charge in [0.1, 0.15) is 5.69 Å². The van der Waals surface area contributed by atoms with Crippen molar-refractivity contribution in [3.63, 3.8) is 0 Å². The lowest BCUT2D eigenvalue weighted by Crippen LogP contribution is -2.36. The van der Waals surface area contributed by atoms with Crippen molar-refractivity contribution in [2.24, 2.45) is 0 Å². The third-order valence-corrected chi connectivity index (χ3v) is 4.65. The van der Waals surface area contributed by atoms with Crippen LogP contribution in [-0.4, -0.2) is 22.8 Å². The van der Waals surface area contributed by atoms with Crippen molar-refractivity contribution in [1.82, 2.24) is 10.3 Å². The van der Waals surface area contributed by atoms with Crippen LogP contribution in [0.3, 0.4) is 0 Å². The Bertz CT molecular complexity index is 773. The van der Waals surface area contributed by atoms with Crippen LogP contribution in [-0.2, 0) is 0 Å². The van der Waals surface area contributed by atoms with Crippen molar-refractivity contribution in [1.29, 1.82) is 0 Å². The topological polar surface area (TPSA) is 71.1 Å². The fourth-order valence-electron chi connectivity index (χ4n) is 2.96. The predicted octanol–water partition coefficient (Wildman–Crippen LogP) is 4.05. The summed E-state index contributed by atoms with van der Waals surface area (Å²) in [4.78, 5) is 28.8. The maximum atomic E-state index is 12.4. The Morgan fingerprint density at radius 1 is 1.04 bits per heavy atom. The third kappa shape index (κ3) is 4.57. The number of nitrogens with zero attached hydrogens (tertiary/aromatic N) is 1. The van der Waals surface area contributed by atoms with E-state index >= 15 is 0 Å². The number of carbonyl (C=O) groups excluding carboxylic acids is 2. The Balaban J connectivity index is 1.69. The highest BCUT2D eigenvalue weighted by Gasteiger charge is 2.18. The molecule has 3 rings (SSSR count). The van der Waals surface area contributed by atoms with Gasteiger partial charge in [0.05, 0.1) is 10.7 Å². The van der Waals surface area contributed by atoms with Crippen LogP contribution in [0.5, 0.6) is 0 Å². The van der Waals surface area contributed by atoms with E-state index in [-0.39, 0.29) is 17.6 Å². The minimum absolute atomic E-state index is 0.166. The van der Waals surface area contributed by atoms with Crippen LogP contribution in [0, 0.1) is 0 Å². The second-order valence-corrected chi connectivity index (χ2v) is 6.58. The number of benzene rings is 1. The number of aromatic nitrogens is 1. The summed E-state index contributed by atoms with van der Waals surface area (Å²) in [5.41, 5.74) is 1.12. The van der Waals surface area contributed by atoms with Crippen molar-refractivity contribution in [2.45, 2.75) is 38.1 Å². The van der Waals surface area contributed by atoms with Gasteiger partial charge in [-0.05, 0) is 37.1 Å². The smallest absolute Gasteiger partial charge is 0.274 e. The molecule has 1 fully saturated rings. The average Bonchev–Trinajstić information content (AvgIpc) is 2.64. The third-order valence-electron chi connectivity index (χ3n) is 4.32. The Labute approximate surface area is 151 Å². The van der Waals surface area contributed by atoms with Gasteiger partial charge in [-0.1, -0.05) is 43.0 Å². The summed E-state index contributed by atoms with van der Waals surface area (Å²) in [7, 11) is 0. The molecule has 0 spiro atoms. The zero-order valence-electron chi connectivity index (χ0n) is 13.8. The number of rotatable bonds is 4. The van der Waals surface area contributed by atoms with E-state index in [0.29, 0.717) is 16.3 Å². The van der Waals surface area contributed by atoms with E-state index in [1.165, 1.54) is 18.7 Å². The highest BCUT2D eigenvalue weighted by Crippen LogP contribution is 2.21. The van der Waals surface area contributed by atoms with Crippen molar-refractivity contribution in [3.05, 3.63) is 58.9 Å². The number of anilines is 1. The highest BCUT2D eigenvalue weighted by molar-refractivity contribution is 6.33. The fraction of sp³-hybridized carbons (Fsp3) is 0.316. The molecule has 2 amide bonds. The number of hydrogen-bond acceptors (Lipinski definition) is 3. The maximum Gasteiger partial charge on any atom is 0.274 e. The van der Waals surface area contributed by atoms with Gasteiger partial charge in [0.2, 0.25) is 0 Å². The molecule has 0 aliphatic heterocycles. The number of hydrogen-bond donors (Lipinski definition) is 2. The molecule has 130 valence electrons. The Morgan fingerprint density at radius 3 is 2.56 bits per heavy atom. The molecular weight excluding hydrogens is 338 g/mol. The van der Waals surface area contributed by atoms with Gasteiger partial charge in [-0.25, -0.2) is 0 Å². The summed E-state index contributed by atoms with van der Waals surface area (Å²) >= 11 is 6.05. The first-order valence-electron chi connectivity index (χ1n) is 8.46. The van der Waals surface area contributed by atoms with Crippen molar-refractivity contribution in [3.8, 4) is 0 Å². The second-order valence-electron chi connectivity index (χ2n) is 6.17. The molecule has 1 aliphatic carbocycles. The van der Waals surface area contributed by atoms with Crippen LogP contribution in [0.15, 0.2) is 42.6 Å². The summed E-state index contributed by atoms with van der Waals surface area (Å²) in [5.74, 6) is -0.568. The van der Waals surface area contributed by atoms with Crippen molar-refractivity contribution < 1.29 is 9.59 Å². The van der Waals surface area contributed by atoms with Gasteiger partial charge in [0.25, 0.3) is 11.8 Å². The van der Waals surface area contributed by atoms with Gasteiger partial charge in [-0.2, -0.15) is 0 Å². The molecule has 1 aromatic heterocycles. The van der Waals surface area contributed by atoms with Gasteiger partial charge in [0.15, 0.2) is 0 Å². The molecule has 1 aliphatic rings. The first kappa shape index (κ1) is 17.4. The van der Waals surface area contributed by atoms with Crippen molar-refractivity contribution in [2.75, 3.05) is 5.32 Å². The number of halogens is 1. The summed E-state index contributed by atoms with van der Waals surface area (Å²) in [6.07, 6.45) is 7.01. The SMILES string of the molecule is O=C(NC1CCCCC1)c1ccnc(C(=O)Nc2ccccc2Cl)c1. The molecule has 5 nitrogen and oxygen atoms in total. The Kier molecular flexibility index (Phi) is 5.66. The molecule has 2 N–H and O–H groups in total. The first-order valence-corrected chi connectivity index (χ1v) is 8.84. The number of carbonyl (C=O) groups is 2. The van der Waals surface area contributed by atoms with Crippen LogP contribution >= 0.6 is 11.6 Å².